The molecule has 0 aromatic carbocycles. The van der Waals surface area contributed by atoms with Crippen LogP contribution in [-0.2, 0) is 9.59 Å². The van der Waals surface area contributed by atoms with Gasteiger partial charge in [0.15, 0.2) is 0 Å². The molecule has 2 aliphatic rings. The molecule has 2 atom stereocenters. The minimum Gasteiger partial charge on any atom is -0.480 e. The van der Waals surface area contributed by atoms with E-state index in [0.29, 0.717) is 25.7 Å². The standard InChI is InChI=1S/C16H29N3O4/c1-17(11-16(22)23)13-8-19(9-14(13)20)10-15(21)18(2)12-6-4-3-5-7-12/h12-14,20H,3-11H2,1-2H3,(H,22,23)/t13-,14+/m0/s1. The first-order chi connectivity index (χ1) is 10.9. The summed E-state index contributed by atoms with van der Waals surface area (Å²) in [6.07, 6.45) is 5.17. The van der Waals surface area contributed by atoms with E-state index in [2.05, 4.69) is 0 Å². The normalized spacial score (nSPS) is 26.6. The van der Waals surface area contributed by atoms with Gasteiger partial charge in [0.25, 0.3) is 0 Å². The van der Waals surface area contributed by atoms with Crippen molar-refractivity contribution in [1.82, 2.24) is 14.7 Å². The predicted octanol–water partition coefficient (Wildman–Crippen LogP) is -0.161. The predicted molar refractivity (Wildman–Crippen MR) is 86.1 cm³/mol. The Morgan fingerprint density at radius 2 is 1.78 bits per heavy atom. The van der Waals surface area contributed by atoms with Crippen molar-refractivity contribution in [1.29, 1.82) is 0 Å². The van der Waals surface area contributed by atoms with Gasteiger partial charge in [0, 0.05) is 32.2 Å². The Hall–Kier alpha value is -1.18. The van der Waals surface area contributed by atoms with Gasteiger partial charge in [-0.1, -0.05) is 19.3 Å². The van der Waals surface area contributed by atoms with Gasteiger partial charge in [0.1, 0.15) is 0 Å². The van der Waals surface area contributed by atoms with E-state index in [-0.39, 0.29) is 18.5 Å². The Balaban J connectivity index is 1.83. The topological polar surface area (TPSA) is 84.3 Å². The van der Waals surface area contributed by atoms with E-state index in [1.807, 2.05) is 16.8 Å². The summed E-state index contributed by atoms with van der Waals surface area (Å²) in [6.45, 7) is 1.13. The summed E-state index contributed by atoms with van der Waals surface area (Å²) in [6, 6.07) is 0.105. The summed E-state index contributed by atoms with van der Waals surface area (Å²) in [4.78, 5) is 28.7. The summed E-state index contributed by atoms with van der Waals surface area (Å²) in [7, 11) is 3.57. The second kappa shape index (κ2) is 8.08. The lowest BCUT2D eigenvalue weighted by molar-refractivity contribution is -0.139. The Labute approximate surface area is 137 Å². The molecule has 0 bridgehead atoms. The monoisotopic (exact) mass is 327 g/mol. The number of likely N-dealkylation sites (tertiary alicyclic amines) is 1. The van der Waals surface area contributed by atoms with Crippen molar-refractivity contribution in [2.24, 2.45) is 0 Å². The molecule has 0 unspecified atom stereocenters. The highest BCUT2D eigenvalue weighted by molar-refractivity contribution is 5.78. The molecule has 0 radical (unpaired) electrons. The molecular formula is C16H29N3O4. The first-order valence-corrected chi connectivity index (χ1v) is 8.46. The Morgan fingerprint density at radius 1 is 1.13 bits per heavy atom. The van der Waals surface area contributed by atoms with E-state index < -0.39 is 12.1 Å². The number of aliphatic hydroxyl groups is 1. The number of carboxylic acids is 1. The molecule has 1 saturated carbocycles. The van der Waals surface area contributed by atoms with Crippen LogP contribution in [0.2, 0.25) is 0 Å². The SMILES string of the molecule is CN(C(=O)CN1C[C@@H](O)[C@@H](N(C)CC(=O)O)C1)C1CCCCC1. The lowest BCUT2D eigenvalue weighted by Crippen LogP contribution is -2.45. The van der Waals surface area contributed by atoms with Crippen LogP contribution in [0.5, 0.6) is 0 Å². The van der Waals surface area contributed by atoms with Crippen LogP contribution in [0.3, 0.4) is 0 Å². The molecule has 1 aliphatic heterocycles. The van der Waals surface area contributed by atoms with E-state index in [1.165, 1.54) is 19.3 Å². The number of hydrogen-bond acceptors (Lipinski definition) is 5. The first kappa shape index (κ1) is 18.2. The van der Waals surface area contributed by atoms with Gasteiger partial charge >= 0.3 is 5.97 Å². The highest BCUT2D eigenvalue weighted by Gasteiger charge is 2.36. The number of aliphatic carboxylic acids is 1. The third-order valence-electron chi connectivity index (χ3n) is 5.16. The van der Waals surface area contributed by atoms with Crippen LogP contribution in [0.1, 0.15) is 32.1 Å². The number of carboxylic acid groups (broad SMARTS) is 1. The van der Waals surface area contributed by atoms with Crippen molar-refractivity contribution in [3.8, 4) is 0 Å². The number of carbonyl (C=O) groups is 2. The summed E-state index contributed by atoms with van der Waals surface area (Å²) in [5, 5.41) is 19.0. The summed E-state index contributed by atoms with van der Waals surface area (Å²) >= 11 is 0. The zero-order valence-electron chi connectivity index (χ0n) is 14.1. The highest BCUT2D eigenvalue weighted by Crippen LogP contribution is 2.22. The lowest BCUT2D eigenvalue weighted by atomic mass is 9.94. The van der Waals surface area contributed by atoms with Crippen molar-refractivity contribution < 1.29 is 19.8 Å². The number of amides is 1. The van der Waals surface area contributed by atoms with E-state index in [9.17, 15) is 14.7 Å². The summed E-state index contributed by atoms with van der Waals surface area (Å²) < 4.78 is 0. The molecule has 23 heavy (non-hydrogen) atoms. The van der Waals surface area contributed by atoms with E-state index in [4.69, 9.17) is 5.11 Å². The van der Waals surface area contributed by atoms with Gasteiger partial charge in [0.2, 0.25) is 5.91 Å². The third kappa shape index (κ3) is 4.89. The Morgan fingerprint density at radius 3 is 2.39 bits per heavy atom. The van der Waals surface area contributed by atoms with E-state index in [1.54, 1.807) is 11.9 Å². The smallest absolute Gasteiger partial charge is 0.317 e. The Kier molecular flexibility index (Phi) is 6.38. The van der Waals surface area contributed by atoms with Crippen LogP contribution in [0.4, 0.5) is 0 Å². The maximum absolute atomic E-state index is 12.5. The van der Waals surface area contributed by atoms with Crippen molar-refractivity contribution in [3.63, 3.8) is 0 Å². The van der Waals surface area contributed by atoms with E-state index in [0.717, 1.165) is 12.8 Å². The van der Waals surface area contributed by atoms with Gasteiger partial charge in [-0.3, -0.25) is 19.4 Å². The maximum Gasteiger partial charge on any atom is 0.317 e. The van der Waals surface area contributed by atoms with Gasteiger partial charge < -0.3 is 15.1 Å². The quantitative estimate of drug-likeness (QED) is 0.705. The first-order valence-electron chi connectivity index (χ1n) is 8.46. The molecule has 0 spiro atoms. The second-order valence-electron chi connectivity index (χ2n) is 6.93. The van der Waals surface area contributed by atoms with Gasteiger partial charge in [-0.2, -0.15) is 0 Å². The van der Waals surface area contributed by atoms with Crippen LogP contribution < -0.4 is 0 Å². The summed E-state index contributed by atoms with van der Waals surface area (Å²) in [5.41, 5.74) is 0. The number of carbonyl (C=O) groups excluding carboxylic acids is 1. The average molecular weight is 327 g/mol. The molecule has 7 nitrogen and oxygen atoms in total. The second-order valence-corrected chi connectivity index (χ2v) is 6.93. The van der Waals surface area contributed by atoms with Crippen molar-refractivity contribution in [2.45, 2.75) is 50.3 Å². The van der Waals surface area contributed by atoms with Gasteiger partial charge in [-0.25, -0.2) is 0 Å². The molecule has 2 rings (SSSR count). The van der Waals surface area contributed by atoms with Gasteiger partial charge in [-0.05, 0) is 19.9 Å². The highest BCUT2D eigenvalue weighted by atomic mass is 16.4. The lowest BCUT2D eigenvalue weighted by Gasteiger charge is -2.32. The fourth-order valence-corrected chi connectivity index (χ4v) is 3.71. The molecule has 2 fully saturated rings. The van der Waals surface area contributed by atoms with E-state index >= 15 is 0 Å². The molecule has 1 saturated heterocycles. The molecule has 0 aromatic rings. The molecule has 132 valence electrons. The molecule has 1 aliphatic carbocycles. The van der Waals surface area contributed by atoms with Crippen molar-refractivity contribution in [3.05, 3.63) is 0 Å². The van der Waals surface area contributed by atoms with Crippen molar-refractivity contribution >= 4 is 11.9 Å². The number of nitrogens with zero attached hydrogens (tertiary/aromatic N) is 3. The number of β-amino-alcohol motifs (C(OH)–C–C–N with tert-alkyl or cyclic N) is 1. The van der Waals surface area contributed by atoms with Gasteiger partial charge in [-0.15, -0.1) is 0 Å². The third-order valence-corrected chi connectivity index (χ3v) is 5.16. The minimum absolute atomic E-state index is 0.0886. The van der Waals surface area contributed by atoms with Crippen LogP contribution in [-0.4, -0.2) is 95.3 Å². The van der Waals surface area contributed by atoms with Gasteiger partial charge in [0.05, 0.1) is 19.2 Å². The molecule has 7 heteroatoms. The van der Waals surface area contributed by atoms with Crippen LogP contribution in [0, 0.1) is 0 Å². The summed E-state index contributed by atoms with van der Waals surface area (Å²) in [5.74, 6) is -0.822. The van der Waals surface area contributed by atoms with Crippen LogP contribution >= 0.6 is 0 Å². The number of hydrogen-bond donors (Lipinski definition) is 2. The number of rotatable bonds is 6. The fourth-order valence-electron chi connectivity index (χ4n) is 3.71. The average Bonchev–Trinajstić information content (AvgIpc) is 2.87. The molecule has 0 aromatic heterocycles. The Bertz CT molecular complexity index is 426. The van der Waals surface area contributed by atoms with Crippen molar-refractivity contribution in [2.75, 3.05) is 40.3 Å². The molecule has 1 heterocycles. The fraction of sp³-hybridized carbons (Fsp3) is 0.875. The molecular weight excluding hydrogens is 298 g/mol. The number of aliphatic hydroxyl groups excluding tert-OH is 1. The largest absolute Gasteiger partial charge is 0.480 e. The molecule has 2 N–H and O–H groups in total. The minimum atomic E-state index is -0.911. The number of likely N-dealkylation sites (N-methyl/N-ethyl adjacent to an activating group) is 2. The van der Waals surface area contributed by atoms with Crippen LogP contribution in [0.15, 0.2) is 0 Å². The maximum atomic E-state index is 12.5. The zero-order valence-corrected chi connectivity index (χ0v) is 14.1. The zero-order chi connectivity index (χ0) is 17.0. The van der Waals surface area contributed by atoms with Crippen LogP contribution in [0.25, 0.3) is 0 Å². The molecule has 1 amide bonds.